The monoisotopic (exact) mass is 272 g/mol. The highest BCUT2D eigenvalue weighted by molar-refractivity contribution is 5.88. The van der Waals surface area contributed by atoms with Crippen LogP contribution in [-0.4, -0.2) is 18.5 Å². The van der Waals surface area contributed by atoms with E-state index >= 15 is 0 Å². The van der Waals surface area contributed by atoms with Crippen LogP contribution in [-0.2, 0) is 10.2 Å². The number of benzene rings is 1. The number of carbonyl (C=O) groups excluding carboxylic acids is 1. The molecule has 1 atom stereocenters. The lowest BCUT2D eigenvalue weighted by atomic mass is 9.77. The molecule has 0 bridgehead atoms. The Morgan fingerprint density at radius 3 is 2.45 bits per heavy atom. The van der Waals surface area contributed by atoms with Crippen molar-refractivity contribution in [3.63, 3.8) is 0 Å². The van der Waals surface area contributed by atoms with Crippen LogP contribution in [0, 0.1) is 5.92 Å². The van der Waals surface area contributed by atoms with E-state index in [2.05, 4.69) is 17.4 Å². The van der Waals surface area contributed by atoms with Gasteiger partial charge in [-0.2, -0.15) is 0 Å². The van der Waals surface area contributed by atoms with E-state index in [9.17, 15) is 4.79 Å². The minimum absolute atomic E-state index is 0.170. The fourth-order valence-electron chi connectivity index (χ4n) is 3.56. The molecule has 2 saturated carbocycles. The van der Waals surface area contributed by atoms with Crippen LogP contribution in [0.2, 0.25) is 0 Å². The number of rotatable bonds is 5. The van der Waals surface area contributed by atoms with Crippen LogP contribution in [0.25, 0.3) is 0 Å². The first-order chi connectivity index (χ1) is 9.76. The predicted molar refractivity (Wildman–Crippen MR) is 80.3 cm³/mol. The highest BCUT2D eigenvalue weighted by atomic mass is 16.2. The zero-order valence-corrected chi connectivity index (χ0v) is 12.0. The third-order valence-corrected chi connectivity index (χ3v) is 4.98. The number of nitrogens with two attached hydrogens (primary N) is 1. The number of carbonyl (C=O) groups is 1. The first-order valence-corrected chi connectivity index (χ1v) is 7.83. The maximum Gasteiger partial charge on any atom is 0.230 e. The van der Waals surface area contributed by atoms with E-state index in [0.717, 1.165) is 25.7 Å². The molecule has 3 N–H and O–H groups in total. The second-order valence-electron chi connectivity index (χ2n) is 6.31. The molecule has 0 heterocycles. The molecule has 1 aromatic rings. The van der Waals surface area contributed by atoms with Gasteiger partial charge in [-0.05, 0) is 37.2 Å². The average Bonchev–Trinajstić information content (AvgIpc) is 3.21. The second-order valence-corrected chi connectivity index (χ2v) is 6.31. The first kappa shape index (κ1) is 13.6. The second kappa shape index (κ2) is 5.57. The third-order valence-electron chi connectivity index (χ3n) is 4.98. The van der Waals surface area contributed by atoms with E-state index in [1.165, 1.54) is 18.4 Å². The van der Waals surface area contributed by atoms with E-state index in [-0.39, 0.29) is 17.4 Å². The van der Waals surface area contributed by atoms with Crippen LogP contribution in [0.5, 0.6) is 0 Å². The van der Waals surface area contributed by atoms with Crippen molar-refractivity contribution in [1.29, 1.82) is 0 Å². The van der Waals surface area contributed by atoms with Crippen molar-refractivity contribution in [2.45, 2.75) is 50.0 Å². The Kier molecular flexibility index (Phi) is 3.79. The smallest absolute Gasteiger partial charge is 0.230 e. The Morgan fingerprint density at radius 1 is 1.25 bits per heavy atom. The fraction of sp³-hybridized carbons (Fsp3) is 0.588. The van der Waals surface area contributed by atoms with Crippen molar-refractivity contribution in [1.82, 2.24) is 5.32 Å². The molecule has 2 fully saturated rings. The first-order valence-electron chi connectivity index (χ1n) is 7.83. The summed E-state index contributed by atoms with van der Waals surface area (Å²) in [6, 6.07) is 10.4. The highest BCUT2D eigenvalue weighted by Gasteiger charge is 2.44. The molecule has 20 heavy (non-hydrogen) atoms. The Balaban J connectivity index is 1.81. The number of amides is 1. The SMILES string of the molecule is NCC(NC(=O)C1(c2ccccc2)CCCC1)C1CC1. The predicted octanol–water partition coefficient (Wildman–Crippen LogP) is 2.35. The summed E-state index contributed by atoms with van der Waals surface area (Å²) in [4.78, 5) is 12.9. The van der Waals surface area contributed by atoms with Gasteiger partial charge in [-0.3, -0.25) is 4.79 Å². The average molecular weight is 272 g/mol. The summed E-state index contributed by atoms with van der Waals surface area (Å²) in [5.41, 5.74) is 6.68. The van der Waals surface area contributed by atoms with Gasteiger partial charge in [0.15, 0.2) is 0 Å². The van der Waals surface area contributed by atoms with Crippen molar-refractivity contribution in [2.24, 2.45) is 11.7 Å². The Morgan fingerprint density at radius 2 is 1.90 bits per heavy atom. The summed E-state index contributed by atoms with van der Waals surface area (Å²) in [5.74, 6) is 0.807. The van der Waals surface area contributed by atoms with Crippen molar-refractivity contribution >= 4 is 5.91 Å². The third kappa shape index (κ3) is 2.47. The van der Waals surface area contributed by atoms with Gasteiger partial charge in [-0.1, -0.05) is 43.2 Å². The molecule has 0 aliphatic heterocycles. The van der Waals surface area contributed by atoms with Crippen LogP contribution in [0.1, 0.15) is 44.1 Å². The number of hydrogen-bond acceptors (Lipinski definition) is 2. The molecule has 0 spiro atoms. The lowest BCUT2D eigenvalue weighted by molar-refractivity contribution is -0.127. The molecule has 0 radical (unpaired) electrons. The lowest BCUT2D eigenvalue weighted by Crippen LogP contribution is -2.50. The van der Waals surface area contributed by atoms with Gasteiger partial charge in [0, 0.05) is 12.6 Å². The summed E-state index contributed by atoms with van der Waals surface area (Å²) in [7, 11) is 0. The van der Waals surface area contributed by atoms with Gasteiger partial charge < -0.3 is 11.1 Å². The van der Waals surface area contributed by atoms with Gasteiger partial charge in [0.25, 0.3) is 0 Å². The summed E-state index contributed by atoms with van der Waals surface area (Å²) in [5, 5.41) is 3.25. The van der Waals surface area contributed by atoms with E-state index < -0.39 is 0 Å². The Labute approximate surface area is 120 Å². The van der Waals surface area contributed by atoms with E-state index in [0.29, 0.717) is 12.5 Å². The van der Waals surface area contributed by atoms with E-state index in [1.54, 1.807) is 0 Å². The molecule has 1 amide bonds. The fourth-order valence-corrected chi connectivity index (χ4v) is 3.56. The molecule has 3 nitrogen and oxygen atoms in total. The standard InChI is InChI=1S/C17H24N2O/c18-12-15(13-8-9-13)19-16(20)17(10-4-5-11-17)14-6-2-1-3-7-14/h1-3,6-7,13,15H,4-5,8-12,18H2,(H,19,20). The van der Waals surface area contributed by atoms with Gasteiger partial charge in [0.1, 0.15) is 0 Å². The molecule has 3 heteroatoms. The summed E-state index contributed by atoms with van der Waals surface area (Å²) < 4.78 is 0. The minimum atomic E-state index is -0.316. The quantitative estimate of drug-likeness (QED) is 0.864. The largest absolute Gasteiger partial charge is 0.351 e. The normalized spacial score (nSPS) is 22.4. The Hall–Kier alpha value is -1.35. The highest BCUT2D eigenvalue weighted by Crippen LogP contribution is 2.42. The van der Waals surface area contributed by atoms with E-state index in [1.807, 2.05) is 18.2 Å². The molecular weight excluding hydrogens is 248 g/mol. The minimum Gasteiger partial charge on any atom is -0.351 e. The van der Waals surface area contributed by atoms with Crippen LogP contribution in [0.15, 0.2) is 30.3 Å². The maximum absolute atomic E-state index is 12.9. The van der Waals surface area contributed by atoms with Crippen LogP contribution < -0.4 is 11.1 Å². The van der Waals surface area contributed by atoms with Crippen LogP contribution >= 0.6 is 0 Å². The molecule has 0 saturated heterocycles. The molecule has 1 aromatic carbocycles. The summed E-state index contributed by atoms with van der Waals surface area (Å²) in [6.07, 6.45) is 6.62. The van der Waals surface area contributed by atoms with Gasteiger partial charge in [0.05, 0.1) is 5.41 Å². The molecule has 2 aliphatic rings. The molecule has 108 valence electrons. The lowest BCUT2D eigenvalue weighted by Gasteiger charge is -2.30. The van der Waals surface area contributed by atoms with Crippen molar-refractivity contribution in [3.8, 4) is 0 Å². The topological polar surface area (TPSA) is 55.1 Å². The molecule has 2 aliphatic carbocycles. The number of nitrogens with one attached hydrogen (secondary N) is 1. The van der Waals surface area contributed by atoms with Gasteiger partial charge in [0.2, 0.25) is 5.91 Å². The van der Waals surface area contributed by atoms with Crippen molar-refractivity contribution < 1.29 is 4.79 Å². The van der Waals surface area contributed by atoms with Gasteiger partial charge >= 0.3 is 0 Å². The molecule has 1 unspecified atom stereocenters. The number of hydrogen-bond donors (Lipinski definition) is 2. The van der Waals surface area contributed by atoms with Crippen LogP contribution in [0.3, 0.4) is 0 Å². The Bertz CT molecular complexity index is 461. The maximum atomic E-state index is 12.9. The summed E-state index contributed by atoms with van der Waals surface area (Å²) >= 11 is 0. The van der Waals surface area contributed by atoms with Crippen LogP contribution in [0.4, 0.5) is 0 Å². The molecule has 3 rings (SSSR count). The van der Waals surface area contributed by atoms with Gasteiger partial charge in [-0.15, -0.1) is 0 Å². The van der Waals surface area contributed by atoms with Gasteiger partial charge in [-0.25, -0.2) is 0 Å². The molecule has 0 aromatic heterocycles. The zero-order valence-electron chi connectivity index (χ0n) is 12.0. The zero-order chi connectivity index (χ0) is 14.0. The van der Waals surface area contributed by atoms with Crippen molar-refractivity contribution in [2.75, 3.05) is 6.54 Å². The van der Waals surface area contributed by atoms with Crippen molar-refractivity contribution in [3.05, 3.63) is 35.9 Å². The summed E-state index contributed by atoms with van der Waals surface area (Å²) in [6.45, 7) is 0.557. The molecular formula is C17H24N2O. The van der Waals surface area contributed by atoms with E-state index in [4.69, 9.17) is 5.73 Å².